The average Bonchev–Trinajstić information content (AvgIpc) is 3.76. The van der Waals surface area contributed by atoms with Crippen molar-refractivity contribution < 1.29 is 0 Å². The Morgan fingerprint density at radius 3 is 1.06 bits per heavy atom. The van der Waals surface area contributed by atoms with Gasteiger partial charge in [-0.3, -0.25) is 0 Å². The van der Waals surface area contributed by atoms with Crippen LogP contribution in [-0.2, 0) is 12.8 Å². The van der Waals surface area contributed by atoms with E-state index in [0.717, 1.165) is 12.8 Å². The molecule has 10 aromatic rings. The number of anilines is 6. The number of hydrogen-bond donors (Lipinski definition) is 0. The summed E-state index contributed by atoms with van der Waals surface area (Å²) < 4.78 is 5.32. The number of fused-ring (bicyclic) bond motifs is 13. The van der Waals surface area contributed by atoms with Crippen LogP contribution < -0.4 is 9.80 Å². The van der Waals surface area contributed by atoms with Crippen LogP contribution in [0.5, 0.6) is 0 Å². The lowest BCUT2D eigenvalue weighted by Crippen LogP contribution is -2.18. The van der Waals surface area contributed by atoms with E-state index in [2.05, 4.69) is 168 Å². The van der Waals surface area contributed by atoms with Gasteiger partial charge in [-0.25, -0.2) is 0 Å². The third-order valence-electron chi connectivity index (χ3n) is 11.2. The summed E-state index contributed by atoms with van der Waals surface area (Å²) in [6.45, 7) is 0. The zero-order valence-electron chi connectivity index (χ0n) is 28.1. The Balaban J connectivity index is 1.01. The standard InChI is InChI=1S/C48H30N2S2/c1-5-13-39-29(9-1)25-30-10-2-6-14-40(30)49(39)33-17-19-37-45(27-33)51-43-23-21-36-35(47(37)43)22-24-44-48(36)38-20-18-34(28-46(38)52-44)50-41-15-7-3-11-31(41)26-32-12-4-8-16-42(32)50/h1-24,27-28H,25-26H2. The molecule has 4 heteroatoms. The summed E-state index contributed by atoms with van der Waals surface area (Å²) in [4.78, 5) is 4.90. The zero-order valence-corrected chi connectivity index (χ0v) is 29.8. The van der Waals surface area contributed by atoms with Gasteiger partial charge in [0.15, 0.2) is 0 Å². The van der Waals surface area contributed by atoms with E-state index >= 15 is 0 Å². The van der Waals surface area contributed by atoms with E-state index in [1.54, 1.807) is 0 Å². The van der Waals surface area contributed by atoms with Crippen molar-refractivity contribution in [3.05, 3.63) is 180 Å². The second-order valence-corrected chi connectivity index (χ2v) is 16.2. The Bertz CT molecular complexity index is 2810. The molecule has 2 nitrogen and oxygen atoms in total. The molecule has 0 bridgehead atoms. The monoisotopic (exact) mass is 698 g/mol. The largest absolute Gasteiger partial charge is 0.310 e. The highest BCUT2D eigenvalue weighted by molar-refractivity contribution is 7.26. The van der Waals surface area contributed by atoms with Crippen LogP contribution in [0, 0.1) is 0 Å². The van der Waals surface area contributed by atoms with Gasteiger partial charge < -0.3 is 9.80 Å². The average molecular weight is 699 g/mol. The molecular weight excluding hydrogens is 669 g/mol. The smallest absolute Gasteiger partial charge is 0.0497 e. The fourth-order valence-corrected chi connectivity index (χ4v) is 11.3. The van der Waals surface area contributed by atoms with Crippen LogP contribution in [0.3, 0.4) is 0 Å². The van der Waals surface area contributed by atoms with Crippen molar-refractivity contribution in [3.8, 4) is 0 Å². The van der Waals surface area contributed by atoms with Crippen molar-refractivity contribution >= 4 is 108 Å². The van der Waals surface area contributed by atoms with Crippen molar-refractivity contribution in [2.45, 2.75) is 12.8 Å². The SMILES string of the molecule is c1ccc2c(c1)Cc1ccccc1N2c1ccc2c(c1)sc1ccc3c(ccc4sc5cc(N6c7ccccc7Cc7ccccc76)ccc5c43)c12. The zero-order chi connectivity index (χ0) is 33.9. The first-order chi connectivity index (χ1) is 25.8. The van der Waals surface area contributed by atoms with E-state index < -0.39 is 0 Å². The molecule has 4 heterocycles. The van der Waals surface area contributed by atoms with Crippen LogP contribution >= 0.6 is 22.7 Å². The van der Waals surface area contributed by atoms with Gasteiger partial charge in [0.05, 0.1) is 0 Å². The number of rotatable bonds is 2. The summed E-state index contributed by atoms with van der Waals surface area (Å²) in [5, 5.41) is 8.06. The van der Waals surface area contributed by atoms with Crippen LogP contribution in [0.25, 0.3) is 51.1 Å². The van der Waals surface area contributed by atoms with E-state index in [0.29, 0.717) is 0 Å². The number of hydrogen-bond acceptors (Lipinski definition) is 4. The van der Waals surface area contributed by atoms with Gasteiger partial charge >= 0.3 is 0 Å². The molecular formula is C48H30N2S2. The molecule has 0 atom stereocenters. The highest BCUT2D eigenvalue weighted by Crippen LogP contribution is 2.50. The second kappa shape index (κ2) is 10.8. The number of thiophene rings is 2. The highest BCUT2D eigenvalue weighted by Gasteiger charge is 2.26. The Morgan fingerprint density at radius 1 is 0.327 bits per heavy atom. The Kier molecular flexibility index (Phi) is 5.96. The van der Waals surface area contributed by atoms with Crippen LogP contribution in [-0.4, -0.2) is 0 Å². The van der Waals surface area contributed by atoms with Crippen molar-refractivity contribution in [2.24, 2.45) is 0 Å². The number of para-hydroxylation sites is 4. The molecule has 244 valence electrons. The molecule has 0 unspecified atom stereocenters. The van der Waals surface area contributed by atoms with Crippen molar-refractivity contribution in [1.82, 2.24) is 0 Å². The Morgan fingerprint density at radius 2 is 0.673 bits per heavy atom. The predicted molar refractivity (Wildman–Crippen MR) is 225 cm³/mol. The van der Waals surface area contributed by atoms with Crippen LogP contribution in [0.15, 0.2) is 158 Å². The van der Waals surface area contributed by atoms with Gasteiger partial charge in [-0.15, -0.1) is 22.7 Å². The summed E-state index contributed by atoms with van der Waals surface area (Å²) in [5.41, 5.74) is 13.0. The third kappa shape index (κ3) is 4.05. The quantitative estimate of drug-likeness (QED) is 0.177. The van der Waals surface area contributed by atoms with E-state index in [1.165, 1.54) is 107 Å². The van der Waals surface area contributed by atoms with Crippen LogP contribution in [0.1, 0.15) is 22.3 Å². The maximum atomic E-state index is 2.45. The first-order valence-electron chi connectivity index (χ1n) is 17.9. The minimum atomic E-state index is 0.965. The van der Waals surface area contributed by atoms with E-state index in [1.807, 2.05) is 22.7 Å². The van der Waals surface area contributed by atoms with Gasteiger partial charge in [0.1, 0.15) is 0 Å². The second-order valence-electron chi connectivity index (χ2n) is 14.1. The van der Waals surface area contributed by atoms with Crippen molar-refractivity contribution in [1.29, 1.82) is 0 Å². The lowest BCUT2D eigenvalue weighted by atomic mass is 9.94. The summed E-state index contributed by atoms with van der Waals surface area (Å²) in [6, 6.07) is 59.0. The minimum absolute atomic E-state index is 0.965. The first kappa shape index (κ1) is 28.7. The topological polar surface area (TPSA) is 6.48 Å². The van der Waals surface area contributed by atoms with Crippen molar-refractivity contribution in [3.63, 3.8) is 0 Å². The molecule has 0 N–H and O–H groups in total. The van der Waals surface area contributed by atoms with E-state index in [-0.39, 0.29) is 0 Å². The summed E-state index contributed by atoms with van der Waals surface area (Å²) >= 11 is 3.81. The molecule has 2 aliphatic rings. The minimum Gasteiger partial charge on any atom is -0.310 e. The Labute approximate surface area is 309 Å². The molecule has 0 radical (unpaired) electrons. The van der Waals surface area contributed by atoms with E-state index in [4.69, 9.17) is 0 Å². The van der Waals surface area contributed by atoms with Gasteiger partial charge in [0.2, 0.25) is 0 Å². The lowest BCUT2D eigenvalue weighted by molar-refractivity contribution is 1.09. The maximum Gasteiger partial charge on any atom is 0.0497 e. The maximum absolute atomic E-state index is 2.45. The molecule has 2 aromatic heterocycles. The fraction of sp³-hybridized carbons (Fsp3) is 0.0417. The van der Waals surface area contributed by atoms with Gasteiger partial charge in [0.25, 0.3) is 0 Å². The highest BCUT2D eigenvalue weighted by atomic mass is 32.1. The molecule has 0 fully saturated rings. The molecule has 0 amide bonds. The molecule has 0 saturated carbocycles. The van der Waals surface area contributed by atoms with Crippen molar-refractivity contribution in [2.75, 3.05) is 9.80 Å². The fourth-order valence-electron chi connectivity index (χ4n) is 8.95. The molecule has 52 heavy (non-hydrogen) atoms. The van der Waals surface area contributed by atoms with Gasteiger partial charge in [-0.2, -0.15) is 0 Å². The third-order valence-corrected chi connectivity index (χ3v) is 13.5. The molecule has 8 aromatic carbocycles. The summed E-state index contributed by atoms with van der Waals surface area (Å²) in [5.74, 6) is 0. The van der Waals surface area contributed by atoms with Crippen LogP contribution in [0.4, 0.5) is 34.1 Å². The predicted octanol–water partition coefficient (Wildman–Crippen LogP) is 14.3. The number of benzene rings is 8. The van der Waals surface area contributed by atoms with Crippen LogP contribution in [0.2, 0.25) is 0 Å². The van der Waals surface area contributed by atoms with Gasteiger partial charge in [-0.05, 0) is 93.7 Å². The molecule has 12 rings (SSSR count). The van der Waals surface area contributed by atoms with E-state index in [9.17, 15) is 0 Å². The number of nitrogens with zero attached hydrogens (tertiary/aromatic N) is 2. The van der Waals surface area contributed by atoms with Gasteiger partial charge in [-0.1, -0.05) is 97.1 Å². The van der Waals surface area contributed by atoms with Gasteiger partial charge in [0, 0.05) is 87.3 Å². The molecule has 0 aliphatic carbocycles. The summed E-state index contributed by atoms with van der Waals surface area (Å²) in [7, 11) is 0. The molecule has 0 spiro atoms. The Hall–Kier alpha value is -5.94. The first-order valence-corrected chi connectivity index (χ1v) is 19.6. The summed E-state index contributed by atoms with van der Waals surface area (Å²) in [6.07, 6.45) is 1.93. The molecule has 2 aliphatic heterocycles. The molecule has 0 saturated heterocycles. The normalized spacial score (nSPS) is 13.5. The lowest BCUT2D eigenvalue weighted by Gasteiger charge is -2.33.